The molecule has 3 atom stereocenters. The van der Waals surface area contributed by atoms with Crippen LogP contribution in [0.25, 0.3) is 0 Å². The van der Waals surface area contributed by atoms with Gasteiger partial charge >= 0.3 is 0 Å². The van der Waals surface area contributed by atoms with E-state index in [9.17, 15) is 0 Å². The molecule has 0 spiro atoms. The van der Waals surface area contributed by atoms with Crippen LogP contribution < -0.4 is 10.6 Å². The third-order valence-corrected chi connectivity index (χ3v) is 5.35. The van der Waals surface area contributed by atoms with E-state index in [0.717, 1.165) is 17.9 Å². The summed E-state index contributed by atoms with van der Waals surface area (Å²) < 4.78 is 0. The van der Waals surface area contributed by atoms with Gasteiger partial charge in [0.15, 0.2) is 0 Å². The average molecular weight is 266 g/mol. The molecule has 2 nitrogen and oxygen atoms in total. The van der Waals surface area contributed by atoms with E-state index in [1.165, 1.54) is 32.1 Å². The van der Waals surface area contributed by atoms with Gasteiger partial charge in [0.1, 0.15) is 0 Å². The molecular formula is C17H34N2. The van der Waals surface area contributed by atoms with Crippen molar-refractivity contribution < 1.29 is 0 Å². The topological polar surface area (TPSA) is 24.1 Å². The minimum absolute atomic E-state index is 0.253. The first-order valence-corrected chi connectivity index (χ1v) is 8.24. The van der Waals surface area contributed by atoms with Gasteiger partial charge in [-0.3, -0.25) is 0 Å². The van der Waals surface area contributed by atoms with Crippen molar-refractivity contribution in [2.24, 2.45) is 11.8 Å². The Kier molecular flexibility index (Phi) is 4.32. The van der Waals surface area contributed by atoms with E-state index in [-0.39, 0.29) is 11.1 Å². The number of nitrogens with one attached hydrogen (secondary N) is 2. The lowest BCUT2D eigenvalue weighted by Crippen LogP contribution is -2.63. The first kappa shape index (κ1) is 15.3. The highest BCUT2D eigenvalue weighted by Gasteiger charge is 2.39. The highest BCUT2D eigenvalue weighted by Crippen LogP contribution is 2.33. The highest BCUT2D eigenvalue weighted by molar-refractivity contribution is 5.00. The molecule has 0 aromatic carbocycles. The van der Waals surface area contributed by atoms with Crippen LogP contribution in [0.3, 0.4) is 0 Å². The zero-order chi connectivity index (χ0) is 14.3. The normalized spacial score (nSPS) is 39.2. The van der Waals surface area contributed by atoms with Gasteiger partial charge < -0.3 is 10.6 Å². The number of rotatable bonds is 2. The molecule has 2 fully saturated rings. The molecule has 3 unspecified atom stereocenters. The van der Waals surface area contributed by atoms with Crippen molar-refractivity contribution in [3.05, 3.63) is 0 Å². The van der Waals surface area contributed by atoms with Gasteiger partial charge in [-0.1, -0.05) is 26.7 Å². The number of hydrogen-bond acceptors (Lipinski definition) is 2. The van der Waals surface area contributed by atoms with Gasteiger partial charge in [-0.05, 0) is 58.8 Å². The molecule has 1 saturated carbocycles. The Labute approximate surface area is 120 Å². The first-order valence-electron chi connectivity index (χ1n) is 8.24. The fraction of sp³-hybridized carbons (Fsp3) is 1.00. The van der Waals surface area contributed by atoms with Crippen LogP contribution in [0.2, 0.25) is 0 Å². The van der Waals surface area contributed by atoms with E-state index in [2.05, 4.69) is 52.2 Å². The molecule has 1 aliphatic carbocycles. The van der Waals surface area contributed by atoms with Crippen molar-refractivity contribution in [2.45, 2.75) is 96.8 Å². The lowest BCUT2D eigenvalue weighted by atomic mass is 9.75. The Hall–Kier alpha value is -0.0800. The van der Waals surface area contributed by atoms with E-state index in [4.69, 9.17) is 0 Å². The van der Waals surface area contributed by atoms with Gasteiger partial charge in [-0.15, -0.1) is 0 Å². The Balaban J connectivity index is 1.98. The van der Waals surface area contributed by atoms with E-state index >= 15 is 0 Å². The maximum atomic E-state index is 4.01. The largest absolute Gasteiger partial charge is 0.311 e. The maximum absolute atomic E-state index is 4.01. The molecule has 0 aromatic heterocycles. The number of piperidine rings is 1. The van der Waals surface area contributed by atoms with Crippen molar-refractivity contribution in [3.63, 3.8) is 0 Å². The fourth-order valence-electron chi connectivity index (χ4n) is 4.56. The highest BCUT2D eigenvalue weighted by atomic mass is 15.1. The van der Waals surface area contributed by atoms with Crippen LogP contribution in [-0.4, -0.2) is 23.2 Å². The zero-order valence-electron chi connectivity index (χ0n) is 13.8. The maximum Gasteiger partial charge on any atom is 0.0144 e. The van der Waals surface area contributed by atoms with Crippen LogP contribution in [0.15, 0.2) is 0 Å². The fourth-order valence-corrected chi connectivity index (χ4v) is 4.56. The minimum atomic E-state index is 0.253. The molecule has 2 rings (SSSR count). The van der Waals surface area contributed by atoms with Crippen molar-refractivity contribution >= 4 is 0 Å². The molecule has 1 heterocycles. The molecule has 1 aliphatic heterocycles. The van der Waals surface area contributed by atoms with Crippen LogP contribution in [0.5, 0.6) is 0 Å². The van der Waals surface area contributed by atoms with Crippen molar-refractivity contribution in [2.75, 3.05) is 0 Å². The first-order chi connectivity index (χ1) is 8.69. The van der Waals surface area contributed by atoms with Gasteiger partial charge in [0.2, 0.25) is 0 Å². The molecule has 19 heavy (non-hydrogen) atoms. The summed E-state index contributed by atoms with van der Waals surface area (Å²) in [5.74, 6) is 1.71. The number of hydrogen-bond donors (Lipinski definition) is 2. The predicted molar refractivity (Wildman–Crippen MR) is 83.4 cm³/mol. The summed E-state index contributed by atoms with van der Waals surface area (Å²) in [4.78, 5) is 0. The molecule has 0 bridgehead atoms. The van der Waals surface area contributed by atoms with Crippen LogP contribution in [-0.2, 0) is 0 Å². The Morgan fingerprint density at radius 2 is 1.53 bits per heavy atom. The third kappa shape index (κ3) is 3.95. The lowest BCUT2D eigenvalue weighted by molar-refractivity contribution is 0.115. The summed E-state index contributed by atoms with van der Waals surface area (Å²) >= 11 is 0. The quantitative estimate of drug-likeness (QED) is 0.796. The van der Waals surface area contributed by atoms with Crippen LogP contribution in [0.4, 0.5) is 0 Å². The summed E-state index contributed by atoms with van der Waals surface area (Å²) in [6, 6.07) is 1.41. The van der Waals surface area contributed by atoms with Crippen LogP contribution >= 0.6 is 0 Å². The second-order valence-corrected chi connectivity index (χ2v) is 8.54. The van der Waals surface area contributed by atoms with E-state index in [1.807, 2.05) is 0 Å². The standard InChI is InChI=1S/C17H34N2/c1-12-8-7-9-15(13(12)2)18-14-10-16(3,4)19-17(5,6)11-14/h12-15,18-19H,7-11H2,1-6H3. The van der Waals surface area contributed by atoms with Gasteiger partial charge in [0, 0.05) is 23.2 Å². The molecular weight excluding hydrogens is 232 g/mol. The molecule has 0 amide bonds. The van der Waals surface area contributed by atoms with E-state index in [1.54, 1.807) is 0 Å². The van der Waals surface area contributed by atoms with Crippen molar-refractivity contribution in [1.82, 2.24) is 10.6 Å². The van der Waals surface area contributed by atoms with Gasteiger partial charge in [0.05, 0.1) is 0 Å². The molecule has 1 saturated heterocycles. The molecule has 112 valence electrons. The summed E-state index contributed by atoms with van der Waals surface area (Å²) in [6.07, 6.45) is 6.68. The average Bonchev–Trinajstić information content (AvgIpc) is 2.20. The molecule has 2 N–H and O–H groups in total. The Morgan fingerprint density at radius 3 is 2.11 bits per heavy atom. The van der Waals surface area contributed by atoms with Crippen LogP contribution in [0.1, 0.15) is 73.6 Å². The lowest BCUT2D eigenvalue weighted by Gasteiger charge is -2.48. The molecule has 0 radical (unpaired) electrons. The summed E-state index contributed by atoms with van der Waals surface area (Å²) in [5.41, 5.74) is 0.506. The zero-order valence-corrected chi connectivity index (χ0v) is 13.8. The second kappa shape index (κ2) is 5.37. The van der Waals surface area contributed by atoms with Crippen molar-refractivity contribution in [3.8, 4) is 0 Å². The Morgan fingerprint density at radius 1 is 0.947 bits per heavy atom. The van der Waals surface area contributed by atoms with Gasteiger partial charge in [-0.25, -0.2) is 0 Å². The monoisotopic (exact) mass is 266 g/mol. The summed E-state index contributed by atoms with van der Waals surface area (Å²) in [7, 11) is 0. The van der Waals surface area contributed by atoms with E-state index in [0.29, 0.717) is 6.04 Å². The molecule has 0 aromatic rings. The summed E-state index contributed by atoms with van der Waals surface area (Å²) in [5, 5.41) is 7.79. The van der Waals surface area contributed by atoms with Crippen molar-refractivity contribution in [1.29, 1.82) is 0 Å². The Bertz CT molecular complexity index is 292. The van der Waals surface area contributed by atoms with Gasteiger partial charge in [-0.2, -0.15) is 0 Å². The molecule has 2 aliphatic rings. The smallest absolute Gasteiger partial charge is 0.0144 e. The van der Waals surface area contributed by atoms with Gasteiger partial charge in [0.25, 0.3) is 0 Å². The second-order valence-electron chi connectivity index (χ2n) is 8.54. The third-order valence-electron chi connectivity index (χ3n) is 5.35. The predicted octanol–water partition coefficient (Wildman–Crippen LogP) is 3.71. The molecule has 2 heteroatoms. The minimum Gasteiger partial charge on any atom is -0.311 e. The SMILES string of the molecule is CC1CCCC(NC2CC(C)(C)NC(C)(C)C2)C1C. The van der Waals surface area contributed by atoms with E-state index < -0.39 is 0 Å². The summed E-state index contributed by atoms with van der Waals surface area (Å²) in [6.45, 7) is 14.2. The van der Waals surface area contributed by atoms with Crippen LogP contribution in [0, 0.1) is 11.8 Å².